The van der Waals surface area contributed by atoms with Crippen LogP contribution >= 0.6 is 11.3 Å². The number of aliphatic hydroxyl groups excluding tert-OH is 1. The highest BCUT2D eigenvalue weighted by Gasteiger charge is 2.21. The standard InChI is InChI=1S/C9H12N2O5S/c1-9(14,5-12)4-10-8(13)6-2-3-7(17-6)11(15)16/h2-3,12,14H,4-5H2,1H3,(H,10,13). The van der Waals surface area contributed by atoms with Crippen LogP contribution in [0, 0.1) is 10.1 Å². The highest BCUT2D eigenvalue weighted by Crippen LogP contribution is 2.23. The van der Waals surface area contributed by atoms with E-state index in [4.69, 9.17) is 5.11 Å². The van der Waals surface area contributed by atoms with Gasteiger partial charge in [-0.2, -0.15) is 0 Å². The van der Waals surface area contributed by atoms with Gasteiger partial charge in [-0.1, -0.05) is 11.3 Å². The summed E-state index contributed by atoms with van der Waals surface area (Å²) >= 11 is 0.752. The van der Waals surface area contributed by atoms with Crippen molar-refractivity contribution in [2.45, 2.75) is 12.5 Å². The number of thiophene rings is 1. The van der Waals surface area contributed by atoms with Gasteiger partial charge >= 0.3 is 5.00 Å². The Kier molecular flexibility index (Phi) is 4.16. The lowest BCUT2D eigenvalue weighted by atomic mass is 10.1. The van der Waals surface area contributed by atoms with Gasteiger partial charge in [0.1, 0.15) is 5.60 Å². The summed E-state index contributed by atoms with van der Waals surface area (Å²) < 4.78 is 0. The van der Waals surface area contributed by atoms with E-state index < -0.39 is 23.0 Å². The number of carbonyl (C=O) groups excluding carboxylic acids is 1. The smallest absolute Gasteiger partial charge is 0.324 e. The Hall–Kier alpha value is -1.51. The zero-order valence-corrected chi connectivity index (χ0v) is 9.86. The Balaban J connectivity index is 2.61. The van der Waals surface area contributed by atoms with E-state index in [9.17, 15) is 20.0 Å². The van der Waals surface area contributed by atoms with Crippen molar-refractivity contribution in [3.05, 3.63) is 27.1 Å². The molecule has 0 bridgehead atoms. The number of hydrogen-bond acceptors (Lipinski definition) is 6. The van der Waals surface area contributed by atoms with Gasteiger partial charge in [0.25, 0.3) is 5.91 Å². The topological polar surface area (TPSA) is 113 Å². The fourth-order valence-corrected chi connectivity index (χ4v) is 1.70. The summed E-state index contributed by atoms with van der Waals surface area (Å²) in [7, 11) is 0. The van der Waals surface area contributed by atoms with Gasteiger partial charge in [0.15, 0.2) is 0 Å². The number of nitrogens with one attached hydrogen (secondary N) is 1. The maximum Gasteiger partial charge on any atom is 0.324 e. The molecule has 0 aliphatic heterocycles. The molecule has 1 atom stereocenters. The fourth-order valence-electron chi connectivity index (χ4n) is 0.962. The number of nitro groups is 1. The second kappa shape index (κ2) is 5.21. The number of amides is 1. The Morgan fingerprint density at radius 3 is 2.76 bits per heavy atom. The van der Waals surface area contributed by atoms with Crippen LogP contribution in [0.2, 0.25) is 0 Å². The van der Waals surface area contributed by atoms with Gasteiger partial charge in [0.2, 0.25) is 0 Å². The summed E-state index contributed by atoms with van der Waals surface area (Å²) in [5.74, 6) is -0.517. The molecule has 0 saturated carbocycles. The van der Waals surface area contributed by atoms with Crippen molar-refractivity contribution in [1.82, 2.24) is 5.32 Å². The van der Waals surface area contributed by atoms with E-state index in [1.54, 1.807) is 0 Å². The number of hydrogen-bond donors (Lipinski definition) is 3. The lowest BCUT2D eigenvalue weighted by Crippen LogP contribution is -2.43. The Morgan fingerprint density at radius 2 is 2.29 bits per heavy atom. The molecule has 17 heavy (non-hydrogen) atoms. The molecule has 1 aromatic rings. The predicted molar refractivity (Wildman–Crippen MR) is 61.0 cm³/mol. The fraction of sp³-hybridized carbons (Fsp3) is 0.444. The summed E-state index contributed by atoms with van der Waals surface area (Å²) in [4.78, 5) is 21.5. The largest absolute Gasteiger partial charge is 0.393 e. The molecule has 1 aromatic heterocycles. The highest BCUT2D eigenvalue weighted by molar-refractivity contribution is 7.17. The molecule has 0 aromatic carbocycles. The first kappa shape index (κ1) is 13.6. The molecule has 94 valence electrons. The first-order valence-electron chi connectivity index (χ1n) is 4.71. The molecular formula is C9H12N2O5S. The molecule has 8 heteroatoms. The molecular weight excluding hydrogens is 248 g/mol. The van der Waals surface area contributed by atoms with Gasteiger partial charge in [0, 0.05) is 12.6 Å². The van der Waals surface area contributed by atoms with E-state index in [-0.39, 0.29) is 16.4 Å². The molecule has 0 spiro atoms. The van der Waals surface area contributed by atoms with Crippen LogP contribution in [0.25, 0.3) is 0 Å². The molecule has 0 radical (unpaired) electrons. The zero-order chi connectivity index (χ0) is 13.1. The van der Waals surface area contributed by atoms with Crippen molar-refractivity contribution in [2.24, 2.45) is 0 Å². The summed E-state index contributed by atoms with van der Waals surface area (Å²) in [6.45, 7) is 0.746. The Labute approximate surface area is 101 Å². The van der Waals surface area contributed by atoms with Gasteiger partial charge in [0.05, 0.1) is 16.4 Å². The minimum Gasteiger partial charge on any atom is -0.393 e. The first-order valence-corrected chi connectivity index (χ1v) is 5.53. The SMILES string of the molecule is CC(O)(CO)CNC(=O)c1ccc([N+](=O)[O-])s1. The maximum absolute atomic E-state index is 11.5. The van der Waals surface area contributed by atoms with Crippen LogP contribution in [0.1, 0.15) is 16.6 Å². The van der Waals surface area contributed by atoms with E-state index in [0.29, 0.717) is 0 Å². The first-order chi connectivity index (χ1) is 7.85. The molecule has 1 rings (SSSR count). The third-order valence-corrected chi connectivity index (χ3v) is 3.00. The lowest BCUT2D eigenvalue weighted by molar-refractivity contribution is -0.380. The van der Waals surface area contributed by atoms with E-state index >= 15 is 0 Å². The maximum atomic E-state index is 11.5. The molecule has 0 aliphatic carbocycles. The van der Waals surface area contributed by atoms with Crippen molar-refractivity contribution in [3.63, 3.8) is 0 Å². The quantitative estimate of drug-likeness (QED) is 0.514. The second-order valence-electron chi connectivity index (χ2n) is 3.73. The molecule has 0 fully saturated rings. The van der Waals surface area contributed by atoms with Crippen molar-refractivity contribution >= 4 is 22.2 Å². The monoisotopic (exact) mass is 260 g/mol. The molecule has 7 nitrogen and oxygen atoms in total. The average Bonchev–Trinajstić information content (AvgIpc) is 2.75. The predicted octanol–water partition coefficient (Wildman–Crippen LogP) is 0.129. The second-order valence-corrected chi connectivity index (χ2v) is 4.79. The number of aliphatic hydroxyl groups is 2. The summed E-state index contributed by atoms with van der Waals surface area (Å²) in [5, 5.41) is 30.9. The van der Waals surface area contributed by atoms with E-state index in [1.807, 2.05) is 0 Å². The molecule has 1 unspecified atom stereocenters. The highest BCUT2D eigenvalue weighted by atomic mass is 32.1. The third kappa shape index (κ3) is 3.77. The molecule has 1 heterocycles. The average molecular weight is 260 g/mol. The van der Waals surface area contributed by atoms with Crippen molar-refractivity contribution in [3.8, 4) is 0 Å². The van der Waals surface area contributed by atoms with Crippen molar-refractivity contribution in [1.29, 1.82) is 0 Å². The normalized spacial score (nSPS) is 14.1. The minimum atomic E-state index is -1.40. The van der Waals surface area contributed by atoms with Crippen LogP contribution in [0.5, 0.6) is 0 Å². The Bertz CT molecular complexity index is 429. The van der Waals surface area contributed by atoms with Crippen LogP contribution in [0.4, 0.5) is 5.00 Å². The number of carbonyl (C=O) groups is 1. The van der Waals surface area contributed by atoms with E-state index in [1.165, 1.54) is 19.1 Å². The summed E-state index contributed by atoms with van der Waals surface area (Å²) in [5.41, 5.74) is -1.40. The van der Waals surface area contributed by atoms with Gasteiger partial charge in [-0.3, -0.25) is 14.9 Å². The molecule has 0 saturated heterocycles. The summed E-state index contributed by atoms with van der Waals surface area (Å²) in [6, 6.07) is 2.58. The third-order valence-electron chi connectivity index (χ3n) is 1.97. The van der Waals surface area contributed by atoms with Crippen LogP contribution < -0.4 is 5.32 Å². The van der Waals surface area contributed by atoms with Crippen molar-refractivity contribution in [2.75, 3.05) is 13.2 Å². The Morgan fingerprint density at radius 1 is 1.65 bits per heavy atom. The van der Waals surface area contributed by atoms with Gasteiger partial charge < -0.3 is 15.5 Å². The number of rotatable bonds is 5. The van der Waals surface area contributed by atoms with Gasteiger partial charge in [-0.15, -0.1) is 0 Å². The van der Waals surface area contributed by atoms with E-state index in [2.05, 4.69) is 5.32 Å². The van der Waals surface area contributed by atoms with Crippen LogP contribution in [-0.4, -0.2) is 39.8 Å². The van der Waals surface area contributed by atoms with Gasteiger partial charge in [-0.05, 0) is 13.0 Å². The summed E-state index contributed by atoms with van der Waals surface area (Å²) in [6.07, 6.45) is 0. The van der Waals surface area contributed by atoms with Crippen molar-refractivity contribution < 1.29 is 19.9 Å². The number of nitrogens with zero attached hydrogens (tertiary/aromatic N) is 1. The van der Waals surface area contributed by atoms with Gasteiger partial charge in [-0.25, -0.2) is 0 Å². The molecule has 3 N–H and O–H groups in total. The van der Waals surface area contributed by atoms with Crippen LogP contribution in [0.15, 0.2) is 12.1 Å². The molecule has 1 amide bonds. The van der Waals surface area contributed by atoms with Crippen LogP contribution in [0.3, 0.4) is 0 Å². The van der Waals surface area contributed by atoms with Crippen LogP contribution in [-0.2, 0) is 0 Å². The lowest BCUT2D eigenvalue weighted by Gasteiger charge is -2.20. The molecule has 0 aliphatic rings. The minimum absolute atomic E-state index is 0.121. The zero-order valence-electron chi connectivity index (χ0n) is 9.04. The van der Waals surface area contributed by atoms with E-state index in [0.717, 1.165) is 11.3 Å².